The predicted octanol–water partition coefficient (Wildman–Crippen LogP) is 1.76. The number of hydrogen-bond donors (Lipinski definition) is 1. The monoisotopic (exact) mass is 402 g/mol. The van der Waals surface area contributed by atoms with Gasteiger partial charge in [-0.25, -0.2) is 13.1 Å². The van der Waals surface area contributed by atoms with Crippen LogP contribution in [-0.2, 0) is 21.1 Å². The van der Waals surface area contributed by atoms with Gasteiger partial charge in [-0.15, -0.1) is 10.2 Å². The molecule has 0 unspecified atom stereocenters. The number of methoxy groups -OCH3 is 1. The van der Waals surface area contributed by atoms with Crippen molar-refractivity contribution in [1.82, 2.24) is 20.0 Å². The van der Waals surface area contributed by atoms with E-state index in [9.17, 15) is 13.2 Å². The van der Waals surface area contributed by atoms with Crippen molar-refractivity contribution in [2.45, 2.75) is 17.7 Å². The zero-order valence-electron chi connectivity index (χ0n) is 15.2. The highest BCUT2D eigenvalue weighted by Gasteiger charge is 2.15. The number of sulfone groups is 1. The maximum Gasteiger partial charge on any atom is 0.303 e. The quantitative estimate of drug-likeness (QED) is 0.634. The third-order valence-corrected chi connectivity index (χ3v) is 5.11. The Bertz CT molecular complexity index is 1090. The number of ether oxygens (including phenoxy) is 1. The summed E-state index contributed by atoms with van der Waals surface area (Å²) in [5.41, 5.74) is 1.92. The molecule has 1 aromatic carbocycles. The molecule has 0 bridgehead atoms. The van der Waals surface area contributed by atoms with E-state index in [0.717, 1.165) is 6.26 Å². The predicted molar refractivity (Wildman–Crippen MR) is 100 cm³/mol. The topological polar surface area (TPSA) is 124 Å². The van der Waals surface area contributed by atoms with Gasteiger partial charge in [0.15, 0.2) is 15.7 Å². The lowest BCUT2D eigenvalue weighted by molar-refractivity contribution is -0.136. The van der Waals surface area contributed by atoms with Crippen LogP contribution in [0, 0.1) is 0 Å². The molecule has 0 saturated carbocycles. The lowest BCUT2D eigenvalue weighted by Crippen LogP contribution is -2.05. The average Bonchev–Trinajstić information content (AvgIpc) is 3.10. The highest BCUT2D eigenvalue weighted by molar-refractivity contribution is 7.90. The van der Waals surface area contributed by atoms with Crippen molar-refractivity contribution in [2.24, 2.45) is 0 Å². The molecule has 0 fully saturated rings. The van der Waals surface area contributed by atoms with Crippen LogP contribution in [0.4, 0.5) is 0 Å². The molecule has 146 valence electrons. The van der Waals surface area contributed by atoms with Crippen LogP contribution in [0.2, 0.25) is 0 Å². The van der Waals surface area contributed by atoms with Crippen molar-refractivity contribution in [2.75, 3.05) is 13.4 Å². The van der Waals surface area contributed by atoms with Crippen LogP contribution in [0.25, 0.3) is 17.1 Å². The molecular weight excluding hydrogens is 384 g/mol. The van der Waals surface area contributed by atoms with Crippen LogP contribution in [-0.4, -0.2) is 52.8 Å². The van der Waals surface area contributed by atoms with Crippen molar-refractivity contribution in [3.05, 3.63) is 48.2 Å². The summed E-state index contributed by atoms with van der Waals surface area (Å²) >= 11 is 0. The fraction of sp³-hybridized carbons (Fsp3) is 0.222. The van der Waals surface area contributed by atoms with Gasteiger partial charge in [-0.2, -0.15) is 5.10 Å². The number of aryl methyl sites for hydroxylation is 1. The van der Waals surface area contributed by atoms with Crippen LogP contribution in [0.3, 0.4) is 0 Å². The van der Waals surface area contributed by atoms with E-state index in [2.05, 4.69) is 15.3 Å². The molecular formula is C18H18N4O5S. The number of nitrogens with zero attached hydrogens (tertiary/aromatic N) is 4. The Kier molecular flexibility index (Phi) is 5.41. The number of rotatable bonds is 7. The van der Waals surface area contributed by atoms with Crippen molar-refractivity contribution in [1.29, 1.82) is 0 Å². The second-order valence-electron chi connectivity index (χ2n) is 6.06. The van der Waals surface area contributed by atoms with Gasteiger partial charge in [0.05, 0.1) is 29.8 Å². The molecule has 10 heteroatoms. The SMILES string of the molecule is COc1ccc(-n2nc(CCC(=O)O)cc2-c2ccc(S(C)(=O)=O)cc2)nn1. The molecule has 0 atom stereocenters. The summed E-state index contributed by atoms with van der Waals surface area (Å²) in [5, 5.41) is 21.4. The Balaban J connectivity index is 2.05. The number of aromatic nitrogens is 4. The fourth-order valence-electron chi connectivity index (χ4n) is 2.58. The first-order valence-electron chi connectivity index (χ1n) is 8.27. The summed E-state index contributed by atoms with van der Waals surface area (Å²) in [6, 6.07) is 11.4. The standard InChI is InChI=1S/C18H18N4O5S/c1-27-17-9-8-16(19-20-17)22-15(11-13(21-22)5-10-18(23)24)12-3-6-14(7-4-12)28(2,25)26/h3-4,6-9,11H,5,10H2,1-2H3,(H,23,24). The Morgan fingerprint density at radius 3 is 2.39 bits per heavy atom. The molecule has 0 saturated heterocycles. The first kappa shape index (κ1) is 19.5. The van der Waals surface area contributed by atoms with Gasteiger partial charge in [0.1, 0.15) is 0 Å². The number of carbonyl (C=O) groups is 1. The van der Waals surface area contributed by atoms with Gasteiger partial charge >= 0.3 is 5.97 Å². The molecule has 3 aromatic rings. The van der Waals surface area contributed by atoms with E-state index < -0.39 is 15.8 Å². The third-order valence-electron chi connectivity index (χ3n) is 3.99. The number of carboxylic acid groups (broad SMARTS) is 1. The van der Waals surface area contributed by atoms with Gasteiger partial charge in [0.2, 0.25) is 5.88 Å². The van der Waals surface area contributed by atoms with E-state index in [1.165, 1.54) is 19.2 Å². The molecule has 0 amide bonds. The summed E-state index contributed by atoms with van der Waals surface area (Å²) in [4.78, 5) is 11.1. The molecule has 2 heterocycles. The smallest absolute Gasteiger partial charge is 0.303 e. The molecule has 0 aliphatic rings. The molecule has 1 N–H and O–H groups in total. The minimum absolute atomic E-state index is 0.0578. The number of aliphatic carboxylic acids is 1. The van der Waals surface area contributed by atoms with E-state index in [-0.39, 0.29) is 17.7 Å². The zero-order chi connectivity index (χ0) is 20.3. The van der Waals surface area contributed by atoms with E-state index in [4.69, 9.17) is 9.84 Å². The molecule has 0 radical (unpaired) electrons. The minimum atomic E-state index is -3.31. The van der Waals surface area contributed by atoms with E-state index >= 15 is 0 Å². The van der Waals surface area contributed by atoms with Crippen LogP contribution in [0.1, 0.15) is 12.1 Å². The molecule has 28 heavy (non-hydrogen) atoms. The highest BCUT2D eigenvalue weighted by Crippen LogP contribution is 2.25. The molecule has 0 aliphatic carbocycles. The number of hydrogen-bond acceptors (Lipinski definition) is 7. The molecule has 9 nitrogen and oxygen atoms in total. The summed E-state index contributed by atoms with van der Waals surface area (Å²) in [7, 11) is -1.83. The Labute approximate surface area is 161 Å². The van der Waals surface area contributed by atoms with Crippen molar-refractivity contribution < 1.29 is 23.1 Å². The van der Waals surface area contributed by atoms with Crippen LogP contribution >= 0.6 is 0 Å². The van der Waals surface area contributed by atoms with Gasteiger partial charge in [-0.1, -0.05) is 12.1 Å². The van der Waals surface area contributed by atoms with Crippen molar-refractivity contribution >= 4 is 15.8 Å². The normalized spacial score (nSPS) is 11.4. The van der Waals surface area contributed by atoms with Crippen LogP contribution < -0.4 is 4.74 Å². The first-order valence-corrected chi connectivity index (χ1v) is 10.2. The fourth-order valence-corrected chi connectivity index (χ4v) is 3.21. The number of carboxylic acids is 1. The van der Waals surface area contributed by atoms with E-state index in [1.54, 1.807) is 35.0 Å². The molecule has 3 rings (SSSR count). The van der Waals surface area contributed by atoms with Crippen molar-refractivity contribution in [3.63, 3.8) is 0 Å². The largest absolute Gasteiger partial charge is 0.481 e. The summed E-state index contributed by atoms with van der Waals surface area (Å²) in [6.07, 6.45) is 1.33. The van der Waals surface area contributed by atoms with Gasteiger partial charge in [-0.3, -0.25) is 4.79 Å². The second kappa shape index (κ2) is 7.77. The minimum Gasteiger partial charge on any atom is -0.481 e. The number of benzene rings is 1. The Morgan fingerprint density at radius 2 is 1.86 bits per heavy atom. The maximum atomic E-state index is 11.7. The summed E-state index contributed by atoms with van der Waals surface area (Å²) in [5.74, 6) is -0.150. The van der Waals surface area contributed by atoms with E-state index in [1.807, 2.05) is 0 Å². The lowest BCUT2D eigenvalue weighted by Gasteiger charge is -2.07. The Morgan fingerprint density at radius 1 is 1.14 bits per heavy atom. The van der Waals surface area contributed by atoms with Crippen LogP contribution in [0.15, 0.2) is 47.4 Å². The van der Waals surface area contributed by atoms with Crippen LogP contribution in [0.5, 0.6) is 5.88 Å². The van der Waals surface area contributed by atoms with Gasteiger partial charge in [-0.05, 0) is 24.3 Å². The molecule has 2 aromatic heterocycles. The van der Waals surface area contributed by atoms with Gasteiger partial charge in [0, 0.05) is 24.3 Å². The third kappa shape index (κ3) is 4.34. The van der Waals surface area contributed by atoms with Crippen molar-refractivity contribution in [3.8, 4) is 23.0 Å². The van der Waals surface area contributed by atoms with Gasteiger partial charge < -0.3 is 9.84 Å². The van der Waals surface area contributed by atoms with Gasteiger partial charge in [0.25, 0.3) is 0 Å². The lowest BCUT2D eigenvalue weighted by atomic mass is 10.1. The highest BCUT2D eigenvalue weighted by atomic mass is 32.2. The zero-order valence-corrected chi connectivity index (χ0v) is 16.0. The first-order chi connectivity index (χ1) is 13.3. The maximum absolute atomic E-state index is 11.7. The molecule has 0 spiro atoms. The van der Waals surface area contributed by atoms with E-state index in [0.29, 0.717) is 28.6 Å². The second-order valence-corrected chi connectivity index (χ2v) is 8.07. The Hall–Kier alpha value is -3.27. The average molecular weight is 402 g/mol. The summed E-state index contributed by atoms with van der Waals surface area (Å²) in [6.45, 7) is 0. The summed E-state index contributed by atoms with van der Waals surface area (Å²) < 4.78 is 29.9. The molecule has 0 aliphatic heterocycles.